The third-order valence-electron chi connectivity index (χ3n) is 3.89. The summed E-state index contributed by atoms with van der Waals surface area (Å²) < 4.78 is 5.16. The average Bonchev–Trinajstić information content (AvgIpc) is 2.96. The van der Waals surface area contributed by atoms with Crippen LogP contribution in [0.2, 0.25) is 0 Å². The topological polar surface area (TPSA) is 41.6 Å². The number of ether oxygens (including phenoxy) is 1. The van der Waals surface area contributed by atoms with Gasteiger partial charge in [0.25, 0.3) is 0 Å². The molecule has 2 rings (SSSR count). The van der Waals surface area contributed by atoms with Crippen LogP contribution < -0.4 is 5.32 Å². The summed E-state index contributed by atoms with van der Waals surface area (Å²) in [5.41, 5.74) is -0.275. The van der Waals surface area contributed by atoms with Gasteiger partial charge in [-0.25, -0.2) is 0 Å². The maximum Gasteiger partial charge on any atom is 0.230 e. The van der Waals surface area contributed by atoms with E-state index in [1.165, 1.54) is 4.88 Å². The highest BCUT2D eigenvalue weighted by Crippen LogP contribution is 2.29. The minimum Gasteiger partial charge on any atom is -0.383 e. The van der Waals surface area contributed by atoms with E-state index in [0.29, 0.717) is 19.7 Å². The second-order valence-electron chi connectivity index (χ2n) is 5.64. The van der Waals surface area contributed by atoms with Crippen LogP contribution in [0, 0.1) is 5.41 Å². The predicted octanol–water partition coefficient (Wildman–Crippen LogP) is 2.11. The quantitative estimate of drug-likeness (QED) is 0.874. The normalized spacial score (nSPS) is 22.7. The number of carbonyl (C=O) groups is 1. The van der Waals surface area contributed by atoms with Crippen LogP contribution in [0.3, 0.4) is 0 Å². The molecule has 0 bridgehead atoms. The predicted molar refractivity (Wildman–Crippen MR) is 81.8 cm³/mol. The Labute approximate surface area is 125 Å². The molecule has 1 saturated heterocycles. The van der Waals surface area contributed by atoms with Crippen LogP contribution in [0.5, 0.6) is 0 Å². The van der Waals surface area contributed by atoms with E-state index in [9.17, 15) is 4.79 Å². The number of piperidine rings is 1. The Kier molecular flexibility index (Phi) is 5.57. The molecule has 0 saturated carbocycles. The Morgan fingerprint density at radius 3 is 3.05 bits per heavy atom. The standard InChI is InChI=1S/C15H24N2O2S/c1-15(6-4-7-16-12-15)14(18)17(8-9-19-2)11-13-5-3-10-20-13/h3,5,10,16H,4,6-9,11-12H2,1-2H3. The molecule has 0 aliphatic carbocycles. The van der Waals surface area contributed by atoms with Crippen LogP contribution in [0.1, 0.15) is 24.6 Å². The molecule has 1 atom stereocenters. The smallest absolute Gasteiger partial charge is 0.230 e. The van der Waals surface area contributed by atoms with E-state index in [2.05, 4.69) is 23.7 Å². The van der Waals surface area contributed by atoms with Gasteiger partial charge in [0.05, 0.1) is 18.6 Å². The van der Waals surface area contributed by atoms with Crippen molar-refractivity contribution in [1.29, 1.82) is 0 Å². The van der Waals surface area contributed by atoms with Crippen molar-refractivity contribution in [1.82, 2.24) is 10.2 Å². The zero-order valence-corrected chi connectivity index (χ0v) is 13.2. The van der Waals surface area contributed by atoms with Gasteiger partial charge in [0, 0.05) is 25.1 Å². The molecule has 1 amide bonds. The molecule has 4 nitrogen and oxygen atoms in total. The number of nitrogens with zero attached hydrogens (tertiary/aromatic N) is 1. The van der Waals surface area contributed by atoms with Gasteiger partial charge in [0.15, 0.2) is 0 Å². The first kappa shape index (κ1) is 15.5. The third kappa shape index (κ3) is 3.81. The van der Waals surface area contributed by atoms with Crippen molar-refractivity contribution in [2.45, 2.75) is 26.3 Å². The van der Waals surface area contributed by atoms with E-state index in [0.717, 1.165) is 25.9 Å². The maximum absolute atomic E-state index is 12.9. The van der Waals surface area contributed by atoms with Gasteiger partial charge >= 0.3 is 0 Å². The Morgan fingerprint density at radius 1 is 1.60 bits per heavy atom. The van der Waals surface area contributed by atoms with E-state index in [4.69, 9.17) is 4.74 Å². The molecular weight excluding hydrogens is 272 g/mol. The number of hydrogen-bond acceptors (Lipinski definition) is 4. The van der Waals surface area contributed by atoms with Gasteiger partial charge in [0.1, 0.15) is 0 Å². The Morgan fingerprint density at radius 2 is 2.45 bits per heavy atom. The molecule has 1 fully saturated rings. The molecule has 20 heavy (non-hydrogen) atoms. The second kappa shape index (κ2) is 7.20. The molecular formula is C15H24N2O2S. The first-order valence-corrected chi connectivity index (χ1v) is 8.05. The summed E-state index contributed by atoms with van der Waals surface area (Å²) in [6.45, 7) is 5.81. The molecule has 112 valence electrons. The summed E-state index contributed by atoms with van der Waals surface area (Å²) in [6.07, 6.45) is 2.03. The molecule has 1 N–H and O–H groups in total. The van der Waals surface area contributed by atoms with E-state index < -0.39 is 0 Å². The molecule has 0 radical (unpaired) electrons. The van der Waals surface area contributed by atoms with Crippen molar-refractivity contribution in [3.05, 3.63) is 22.4 Å². The molecule has 1 unspecified atom stereocenters. The molecule has 0 aromatic carbocycles. The van der Waals surface area contributed by atoms with Crippen molar-refractivity contribution >= 4 is 17.2 Å². The lowest BCUT2D eigenvalue weighted by Gasteiger charge is -2.37. The zero-order chi connectivity index (χ0) is 14.4. The fraction of sp³-hybridized carbons (Fsp3) is 0.667. The van der Waals surface area contributed by atoms with Crippen molar-refractivity contribution in [2.75, 3.05) is 33.4 Å². The Balaban J connectivity index is 2.06. The zero-order valence-electron chi connectivity index (χ0n) is 12.4. The maximum atomic E-state index is 12.9. The molecule has 0 spiro atoms. The molecule has 1 aromatic rings. The number of amides is 1. The average molecular weight is 296 g/mol. The highest BCUT2D eigenvalue weighted by molar-refractivity contribution is 7.09. The van der Waals surface area contributed by atoms with Gasteiger partial charge in [-0.2, -0.15) is 0 Å². The van der Waals surface area contributed by atoms with E-state index in [1.807, 2.05) is 11.0 Å². The molecule has 2 heterocycles. The van der Waals surface area contributed by atoms with Crippen LogP contribution in [0.15, 0.2) is 17.5 Å². The third-order valence-corrected chi connectivity index (χ3v) is 4.75. The number of thiophene rings is 1. The van der Waals surface area contributed by atoms with Crippen molar-refractivity contribution in [2.24, 2.45) is 5.41 Å². The molecule has 1 aromatic heterocycles. The highest BCUT2D eigenvalue weighted by Gasteiger charge is 2.37. The molecule has 1 aliphatic rings. The first-order chi connectivity index (χ1) is 9.65. The van der Waals surface area contributed by atoms with Gasteiger partial charge in [-0.15, -0.1) is 11.3 Å². The monoisotopic (exact) mass is 296 g/mol. The molecule has 5 heteroatoms. The van der Waals surface area contributed by atoms with Gasteiger partial charge in [0.2, 0.25) is 5.91 Å². The van der Waals surface area contributed by atoms with Crippen molar-refractivity contribution in [3.8, 4) is 0 Å². The lowest BCUT2D eigenvalue weighted by molar-refractivity contribution is -0.143. The van der Waals surface area contributed by atoms with Gasteiger partial charge in [-0.3, -0.25) is 4.79 Å². The fourth-order valence-corrected chi connectivity index (χ4v) is 3.38. The lowest BCUT2D eigenvalue weighted by Crippen LogP contribution is -2.50. The van der Waals surface area contributed by atoms with Crippen molar-refractivity contribution < 1.29 is 9.53 Å². The Hall–Kier alpha value is -0.910. The van der Waals surface area contributed by atoms with Gasteiger partial charge in [-0.1, -0.05) is 6.07 Å². The minimum absolute atomic E-state index is 0.246. The largest absolute Gasteiger partial charge is 0.383 e. The van der Waals surface area contributed by atoms with Gasteiger partial charge < -0.3 is 15.0 Å². The number of nitrogens with one attached hydrogen (secondary N) is 1. The number of hydrogen-bond donors (Lipinski definition) is 1. The van der Waals surface area contributed by atoms with Crippen LogP contribution in [0.4, 0.5) is 0 Å². The van der Waals surface area contributed by atoms with Gasteiger partial charge in [-0.05, 0) is 37.8 Å². The first-order valence-electron chi connectivity index (χ1n) is 7.17. The highest BCUT2D eigenvalue weighted by atomic mass is 32.1. The van der Waals surface area contributed by atoms with E-state index >= 15 is 0 Å². The number of carbonyl (C=O) groups excluding carboxylic acids is 1. The summed E-state index contributed by atoms with van der Waals surface area (Å²) in [5, 5.41) is 5.40. The molecule has 1 aliphatic heterocycles. The number of methoxy groups -OCH3 is 1. The van der Waals surface area contributed by atoms with E-state index in [1.54, 1.807) is 18.4 Å². The lowest BCUT2D eigenvalue weighted by atomic mass is 9.81. The van der Waals surface area contributed by atoms with Crippen LogP contribution >= 0.6 is 11.3 Å². The summed E-state index contributed by atoms with van der Waals surface area (Å²) in [7, 11) is 1.68. The van der Waals surface area contributed by atoms with Crippen LogP contribution in [0.25, 0.3) is 0 Å². The summed E-state index contributed by atoms with van der Waals surface area (Å²) in [5.74, 6) is 0.246. The SMILES string of the molecule is COCCN(Cc1cccs1)C(=O)C1(C)CCCNC1. The summed E-state index contributed by atoms with van der Waals surface area (Å²) >= 11 is 1.70. The van der Waals surface area contributed by atoms with Crippen LogP contribution in [-0.4, -0.2) is 44.2 Å². The minimum atomic E-state index is -0.275. The van der Waals surface area contributed by atoms with Crippen molar-refractivity contribution in [3.63, 3.8) is 0 Å². The van der Waals surface area contributed by atoms with Crippen LogP contribution in [-0.2, 0) is 16.1 Å². The summed E-state index contributed by atoms with van der Waals surface area (Å²) in [6, 6.07) is 4.11. The second-order valence-corrected chi connectivity index (χ2v) is 6.67. The fourth-order valence-electron chi connectivity index (χ4n) is 2.67. The summed E-state index contributed by atoms with van der Waals surface area (Å²) in [4.78, 5) is 16.1. The number of rotatable bonds is 6. The van der Waals surface area contributed by atoms with E-state index in [-0.39, 0.29) is 11.3 Å². The Bertz CT molecular complexity index is 414.